The predicted octanol–water partition coefficient (Wildman–Crippen LogP) is 1.77. The number of hydrogen-bond acceptors (Lipinski definition) is 3. The van der Waals surface area contributed by atoms with E-state index in [0.717, 1.165) is 12.1 Å². The van der Waals surface area contributed by atoms with Gasteiger partial charge < -0.3 is 11.1 Å². The van der Waals surface area contributed by atoms with Crippen molar-refractivity contribution in [2.45, 2.75) is 18.9 Å². The molecule has 126 valence electrons. The second kappa shape index (κ2) is 7.83. The first kappa shape index (κ1) is 17.8. The second-order valence-electron chi connectivity index (χ2n) is 5.09. The minimum absolute atomic E-state index is 0.0883. The Labute approximate surface area is 141 Å². The summed E-state index contributed by atoms with van der Waals surface area (Å²) in [5, 5.41) is 2.66. The second-order valence-corrected chi connectivity index (χ2v) is 5.48. The molecular formula is C16H14ClF2N3O2. The van der Waals surface area contributed by atoms with Gasteiger partial charge in [-0.3, -0.25) is 9.59 Å². The van der Waals surface area contributed by atoms with Crippen LogP contribution in [0.5, 0.6) is 0 Å². The lowest BCUT2D eigenvalue weighted by atomic mass is 10.1. The van der Waals surface area contributed by atoms with E-state index in [1.54, 1.807) is 6.07 Å². The average Bonchev–Trinajstić information content (AvgIpc) is 2.52. The number of hydrogen-bond donors (Lipinski definition) is 2. The van der Waals surface area contributed by atoms with Gasteiger partial charge in [0.05, 0.1) is 6.42 Å². The highest BCUT2D eigenvalue weighted by molar-refractivity contribution is 6.29. The molecule has 1 atom stereocenters. The standard InChI is InChI=1S/C16H14ClF2N3O2/c17-14-5-4-9(8-21-14)6-13(16(20)24)22-15(23)7-10-11(18)2-1-3-12(10)19/h1-5,8,13H,6-7H2,(H2,20,24)(H,22,23)/t13-/m1/s1. The van der Waals surface area contributed by atoms with E-state index in [1.807, 2.05) is 0 Å². The van der Waals surface area contributed by atoms with Crippen LogP contribution in [0.15, 0.2) is 36.5 Å². The van der Waals surface area contributed by atoms with E-state index >= 15 is 0 Å². The molecule has 1 heterocycles. The highest BCUT2D eigenvalue weighted by atomic mass is 35.5. The van der Waals surface area contributed by atoms with Gasteiger partial charge in [0.15, 0.2) is 0 Å². The summed E-state index contributed by atoms with van der Waals surface area (Å²) in [5.74, 6) is -3.15. The minimum atomic E-state index is -1.03. The number of halogens is 3. The summed E-state index contributed by atoms with van der Waals surface area (Å²) >= 11 is 5.67. The Balaban J connectivity index is 2.06. The number of carbonyl (C=O) groups is 2. The van der Waals surface area contributed by atoms with Crippen LogP contribution in [0.25, 0.3) is 0 Å². The number of amides is 2. The highest BCUT2D eigenvalue weighted by Gasteiger charge is 2.21. The van der Waals surface area contributed by atoms with Gasteiger partial charge in [-0.25, -0.2) is 13.8 Å². The van der Waals surface area contributed by atoms with E-state index in [0.29, 0.717) is 5.56 Å². The number of nitrogens with one attached hydrogen (secondary N) is 1. The van der Waals surface area contributed by atoms with Crippen molar-refractivity contribution < 1.29 is 18.4 Å². The third kappa shape index (κ3) is 4.73. The topological polar surface area (TPSA) is 85.1 Å². The Hall–Kier alpha value is -2.54. The Morgan fingerprint density at radius 1 is 1.21 bits per heavy atom. The summed E-state index contributed by atoms with van der Waals surface area (Å²) in [6.45, 7) is 0. The van der Waals surface area contributed by atoms with Gasteiger partial charge in [0.1, 0.15) is 22.8 Å². The van der Waals surface area contributed by atoms with Crippen molar-refractivity contribution in [3.05, 3.63) is 64.4 Å². The van der Waals surface area contributed by atoms with E-state index in [-0.39, 0.29) is 17.1 Å². The molecule has 1 aromatic heterocycles. The first-order valence-electron chi connectivity index (χ1n) is 6.99. The first-order valence-corrected chi connectivity index (χ1v) is 7.36. The van der Waals surface area contributed by atoms with Gasteiger partial charge in [-0.05, 0) is 23.8 Å². The van der Waals surface area contributed by atoms with Crippen molar-refractivity contribution in [2.24, 2.45) is 5.73 Å². The van der Waals surface area contributed by atoms with Gasteiger partial charge >= 0.3 is 0 Å². The SMILES string of the molecule is NC(=O)[C@@H](Cc1ccc(Cl)nc1)NC(=O)Cc1c(F)cccc1F. The Bertz CT molecular complexity index is 733. The molecule has 0 aliphatic heterocycles. The van der Waals surface area contributed by atoms with Crippen molar-refractivity contribution in [1.82, 2.24) is 10.3 Å². The molecule has 5 nitrogen and oxygen atoms in total. The number of aromatic nitrogens is 1. The van der Waals surface area contributed by atoms with E-state index < -0.39 is 35.9 Å². The van der Waals surface area contributed by atoms with Crippen LogP contribution in [-0.2, 0) is 22.4 Å². The number of nitrogens with two attached hydrogens (primary N) is 1. The van der Waals surface area contributed by atoms with Crippen LogP contribution in [0.4, 0.5) is 8.78 Å². The molecule has 0 aliphatic rings. The van der Waals surface area contributed by atoms with E-state index in [2.05, 4.69) is 10.3 Å². The number of primary amides is 1. The third-order valence-corrected chi connectivity index (χ3v) is 3.53. The largest absolute Gasteiger partial charge is 0.368 e. The van der Waals surface area contributed by atoms with E-state index in [4.69, 9.17) is 17.3 Å². The van der Waals surface area contributed by atoms with Gasteiger partial charge in [0.25, 0.3) is 0 Å². The minimum Gasteiger partial charge on any atom is -0.368 e. The summed E-state index contributed by atoms with van der Waals surface area (Å²) < 4.78 is 27.1. The van der Waals surface area contributed by atoms with Crippen LogP contribution in [0.1, 0.15) is 11.1 Å². The molecule has 24 heavy (non-hydrogen) atoms. The quantitative estimate of drug-likeness (QED) is 0.776. The van der Waals surface area contributed by atoms with E-state index in [1.165, 1.54) is 18.3 Å². The fourth-order valence-corrected chi connectivity index (χ4v) is 2.20. The fraction of sp³-hybridized carbons (Fsp3) is 0.188. The number of rotatable bonds is 6. The maximum absolute atomic E-state index is 13.6. The van der Waals surface area contributed by atoms with Crippen LogP contribution >= 0.6 is 11.6 Å². The van der Waals surface area contributed by atoms with Crippen LogP contribution in [0.2, 0.25) is 5.15 Å². The van der Waals surface area contributed by atoms with Crippen molar-refractivity contribution in [3.63, 3.8) is 0 Å². The van der Waals surface area contributed by atoms with Crippen LogP contribution in [0.3, 0.4) is 0 Å². The van der Waals surface area contributed by atoms with Crippen molar-refractivity contribution in [2.75, 3.05) is 0 Å². The predicted molar refractivity (Wildman–Crippen MR) is 84.1 cm³/mol. The van der Waals surface area contributed by atoms with Gasteiger partial charge in [-0.1, -0.05) is 23.7 Å². The van der Waals surface area contributed by atoms with Crippen LogP contribution in [0, 0.1) is 11.6 Å². The van der Waals surface area contributed by atoms with Gasteiger partial charge in [-0.15, -0.1) is 0 Å². The lowest BCUT2D eigenvalue weighted by Crippen LogP contribution is -2.46. The normalized spacial score (nSPS) is 11.8. The molecule has 0 saturated carbocycles. The molecule has 0 fully saturated rings. The smallest absolute Gasteiger partial charge is 0.240 e. The third-order valence-electron chi connectivity index (χ3n) is 3.31. The zero-order valence-corrected chi connectivity index (χ0v) is 13.2. The summed E-state index contributed by atoms with van der Waals surface area (Å²) in [6.07, 6.45) is 0.993. The Morgan fingerprint density at radius 2 is 1.88 bits per heavy atom. The molecule has 2 aromatic rings. The number of nitrogens with zero attached hydrogens (tertiary/aromatic N) is 1. The molecule has 3 N–H and O–H groups in total. The van der Waals surface area contributed by atoms with Crippen molar-refractivity contribution in [1.29, 1.82) is 0 Å². The molecule has 0 unspecified atom stereocenters. The molecule has 0 bridgehead atoms. The molecule has 0 aliphatic carbocycles. The zero-order chi connectivity index (χ0) is 17.7. The molecule has 8 heteroatoms. The fourth-order valence-electron chi connectivity index (χ4n) is 2.09. The average molecular weight is 354 g/mol. The van der Waals surface area contributed by atoms with Gasteiger partial charge in [0, 0.05) is 18.2 Å². The molecular weight excluding hydrogens is 340 g/mol. The summed E-state index contributed by atoms with van der Waals surface area (Å²) in [4.78, 5) is 27.4. The molecule has 1 aromatic carbocycles. The maximum Gasteiger partial charge on any atom is 0.240 e. The lowest BCUT2D eigenvalue weighted by molar-refractivity contribution is -0.127. The maximum atomic E-state index is 13.6. The summed E-state index contributed by atoms with van der Waals surface area (Å²) in [5.41, 5.74) is 5.52. The van der Waals surface area contributed by atoms with Crippen molar-refractivity contribution >= 4 is 23.4 Å². The molecule has 2 rings (SSSR count). The molecule has 2 amide bonds. The lowest BCUT2D eigenvalue weighted by Gasteiger charge is -2.16. The number of carbonyl (C=O) groups excluding carboxylic acids is 2. The molecule has 0 radical (unpaired) electrons. The molecule has 0 saturated heterocycles. The summed E-state index contributed by atoms with van der Waals surface area (Å²) in [7, 11) is 0. The Kier molecular flexibility index (Phi) is 5.81. The van der Waals surface area contributed by atoms with Crippen LogP contribution in [-0.4, -0.2) is 22.8 Å². The number of pyridine rings is 1. The molecule has 0 spiro atoms. The van der Waals surface area contributed by atoms with Crippen molar-refractivity contribution in [3.8, 4) is 0 Å². The summed E-state index contributed by atoms with van der Waals surface area (Å²) in [6, 6.07) is 5.44. The first-order chi connectivity index (χ1) is 11.4. The number of benzene rings is 1. The van der Waals surface area contributed by atoms with Gasteiger partial charge in [0.2, 0.25) is 11.8 Å². The highest BCUT2D eigenvalue weighted by Crippen LogP contribution is 2.13. The monoisotopic (exact) mass is 353 g/mol. The zero-order valence-electron chi connectivity index (χ0n) is 12.4. The van der Waals surface area contributed by atoms with E-state index in [9.17, 15) is 18.4 Å². The van der Waals surface area contributed by atoms with Crippen LogP contribution < -0.4 is 11.1 Å². The Morgan fingerprint density at radius 3 is 2.42 bits per heavy atom. The van der Waals surface area contributed by atoms with Gasteiger partial charge in [-0.2, -0.15) is 0 Å².